The van der Waals surface area contributed by atoms with Gasteiger partial charge in [-0.25, -0.2) is 4.98 Å². The first kappa shape index (κ1) is 20.8. The van der Waals surface area contributed by atoms with Crippen molar-refractivity contribution < 1.29 is 23.8 Å². The largest absolute Gasteiger partial charge is 0.463 e. The van der Waals surface area contributed by atoms with Crippen LogP contribution in [0.3, 0.4) is 0 Å². The lowest BCUT2D eigenvalue weighted by atomic mass is 10.2. The molecule has 2 aromatic heterocycles. The molecule has 0 aliphatic carbocycles. The highest BCUT2D eigenvalue weighted by molar-refractivity contribution is 5.71. The number of anilines is 1. The molecule has 29 heavy (non-hydrogen) atoms. The summed E-state index contributed by atoms with van der Waals surface area (Å²) in [5, 5.41) is 0. The molecule has 2 aromatic rings. The van der Waals surface area contributed by atoms with Gasteiger partial charge in [0, 0.05) is 19.3 Å². The lowest BCUT2D eigenvalue weighted by molar-refractivity contribution is -0.158. The quantitative estimate of drug-likeness (QED) is 0.611. The van der Waals surface area contributed by atoms with Gasteiger partial charge in [0.25, 0.3) is 5.56 Å². The lowest BCUT2D eigenvalue weighted by Crippen LogP contribution is -2.32. The van der Waals surface area contributed by atoms with Gasteiger partial charge >= 0.3 is 11.9 Å². The molecule has 0 radical (unpaired) electrons. The van der Waals surface area contributed by atoms with Crippen LogP contribution in [0.2, 0.25) is 0 Å². The van der Waals surface area contributed by atoms with Gasteiger partial charge in [0.2, 0.25) is 5.95 Å². The summed E-state index contributed by atoms with van der Waals surface area (Å²) in [6.07, 6.45) is 1.78. The molecule has 1 aliphatic heterocycles. The van der Waals surface area contributed by atoms with Crippen molar-refractivity contribution in [1.82, 2.24) is 19.5 Å². The topological polar surface area (TPSA) is 151 Å². The van der Waals surface area contributed by atoms with Crippen molar-refractivity contribution in [2.45, 2.75) is 64.4 Å². The van der Waals surface area contributed by atoms with E-state index in [1.54, 1.807) is 4.57 Å². The van der Waals surface area contributed by atoms with Crippen LogP contribution >= 0.6 is 0 Å². The number of carbonyl (C=O) groups is 2. The minimum Gasteiger partial charge on any atom is -0.463 e. The van der Waals surface area contributed by atoms with E-state index in [9.17, 15) is 14.4 Å². The van der Waals surface area contributed by atoms with Crippen molar-refractivity contribution in [1.29, 1.82) is 0 Å². The monoisotopic (exact) mass is 407 g/mol. The molecule has 1 fully saturated rings. The Hall–Kier alpha value is -2.95. The van der Waals surface area contributed by atoms with Crippen molar-refractivity contribution in [2.75, 3.05) is 12.3 Å². The fourth-order valence-corrected chi connectivity index (χ4v) is 3.18. The number of esters is 2. The van der Waals surface area contributed by atoms with E-state index in [4.69, 9.17) is 19.9 Å². The molecule has 0 bridgehead atoms. The molecule has 1 saturated heterocycles. The van der Waals surface area contributed by atoms with Crippen LogP contribution in [0.25, 0.3) is 11.2 Å². The van der Waals surface area contributed by atoms with Crippen molar-refractivity contribution in [3.8, 4) is 0 Å². The van der Waals surface area contributed by atoms with Crippen LogP contribution in [0.1, 0.15) is 52.2 Å². The molecule has 3 rings (SSSR count). The van der Waals surface area contributed by atoms with Gasteiger partial charge in [0.1, 0.15) is 25.0 Å². The molecular formula is C18H25N5O6. The molecule has 0 aromatic carbocycles. The zero-order valence-corrected chi connectivity index (χ0v) is 16.4. The highest BCUT2D eigenvalue weighted by Crippen LogP contribution is 2.33. The number of nitrogens with zero attached hydrogens (tertiary/aromatic N) is 3. The second-order valence-corrected chi connectivity index (χ2v) is 6.85. The third-order valence-corrected chi connectivity index (χ3v) is 4.54. The number of aromatic nitrogens is 4. The Morgan fingerprint density at radius 3 is 2.76 bits per heavy atom. The predicted octanol–water partition coefficient (Wildman–Crippen LogP) is 1.04. The van der Waals surface area contributed by atoms with Crippen LogP contribution < -0.4 is 11.3 Å². The summed E-state index contributed by atoms with van der Waals surface area (Å²) >= 11 is 0. The number of hydrogen-bond acceptors (Lipinski definition) is 9. The summed E-state index contributed by atoms with van der Waals surface area (Å²) in [7, 11) is 0. The molecule has 0 saturated carbocycles. The van der Waals surface area contributed by atoms with E-state index in [0.717, 1.165) is 0 Å². The molecule has 3 N–H and O–H groups in total. The number of aromatic amines is 1. The van der Waals surface area contributed by atoms with Gasteiger partial charge in [-0.15, -0.1) is 0 Å². The van der Waals surface area contributed by atoms with E-state index < -0.39 is 24.0 Å². The first-order chi connectivity index (χ1) is 13.9. The predicted molar refractivity (Wildman–Crippen MR) is 102 cm³/mol. The van der Waals surface area contributed by atoms with Crippen LogP contribution in [0.15, 0.2) is 11.1 Å². The van der Waals surface area contributed by atoms with Gasteiger partial charge in [0.15, 0.2) is 11.2 Å². The Morgan fingerprint density at radius 2 is 2.03 bits per heavy atom. The number of rotatable bonds is 8. The highest BCUT2D eigenvalue weighted by atomic mass is 16.6. The maximum Gasteiger partial charge on any atom is 0.306 e. The molecule has 1 aliphatic rings. The van der Waals surface area contributed by atoms with Gasteiger partial charge in [-0.2, -0.15) is 4.98 Å². The second-order valence-electron chi connectivity index (χ2n) is 6.85. The molecule has 0 spiro atoms. The number of fused-ring (bicyclic) bond motifs is 1. The number of nitrogens with one attached hydrogen (secondary N) is 1. The number of ether oxygens (including phenoxy) is 3. The minimum atomic E-state index is -0.640. The molecule has 3 atom stereocenters. The fraction of sp³-hybridized carbons (Fsp3) is 0.611. The number of imidazole rings is 1. The summed E-state index contributed by atoms with van der Waals surface area (Å²) in [5.74, 6) is -0.730. The van der Waals surface area contributed by atoms with Gasteiger partial charge in [-0.3, -0.25) is 23.9 Å². The van der Waals surface area contributed by atoms with Gasteiger partial charge in [-0.1, -0.05) is 13.8 Å². The van der Waals surface area contributed by atoms with Crippen molar-refractivity contribution in [3.63, 3.8) is 0 Å². The van der Waals surface area contributed by atoms with E-state index in [1.807, 2.05) is 13.8 Å². The second kappa shape index (κ2) is 9.03. The molecular weight excluding hydrogens is 382 g/mol. The van der Waals surface area contributed by atoms with Crippen molar-refractivity contribution in [2.24, 2.45) is 0 Å². The first-order valence-corrected chi connectivity index (χ1v) is 9.65. The van der Waals surface area contributed by atoms with Crippen LogP contribution in [0.5, 0.6) is 0 Å². The highest BCUT2D eigenvalue weighted by Gasteiger charge is 2.40. The van der Waals surface area contributed by atoms with E-state index >= 15 is 0 Å². The Kier molecular flexibility index (Phi) is 6.47. The van der Waals surface area contributed by atoms with E-state index in [-0.39, 0.29) is 42.1 Å². The van der Waals surface area contributed by atoms with Crippen LogP contribution in [-0.4, -0.2) is 50.3 Å². The average Bonchev–Trinajstić information content (AvgIpc) is 3.24. The van der Waals surface area contributed by atoms with Gasteiger partial charge < -0.3 is 19.9 Å². The normalized spacial score (nSPS) is 21.4. The zero-order valence-electron chi connectivity index (χ0n) is 16.4. The number of nitrogen functional groups attached to an aromatic ring is 1. The maximum atomic E-state index is 12.0. The molecule has 3 heterocycles. The third-order valence-electron chi connectivity index (χ3n) is 4.54. The van der Waals surface area contributed by atoms with Crippen LogP contribution in [0, 0.1) is 0 Å². The Labute approximate surface area is 166 Å². The first-order valence-electron chi connectivity index (χ1n) is 9.65. The summed E-state index contributed by atoms with van der Waals surface area (Å²) in [4.78, 5) is 46.3. The Morgan fingerprint density at radius 1 is 1.31 bits per heavy atom. The molecule has 158 valence electrons. The Balaban J connectivity index is 1.81. The third kappa shape index (κ3) is 4.73. The zero-order chi connectivity index (χ0) is 21.0. The SMILES string of the molecule is CCCC(=O)OC[C@H]1O[C@@H](n2cnc3c(=O)[nH]c(N)nc32)CC1OC(=O)CCC. The number of hydrogen-bond donors (Lipinski definition) is 2. The number of carbonyl (C=O) groups excluding carboxylic acids is 2. The fourth-order valence-electron chi connectivity index (χ4n) is 3.18. The number of H-pyrrole nitrogens is 1. The summed E-state index contributed by atoms with van der Waals surface area (Å²) in [5.41, 5.74) is 5.57. The molecule has 1 unspecified atom stereocenters. The van der Waals surface area contributed by atoms with Gasteiger partial charge in [0.05, 0.1) is 6.33 Å². The van der Waals surface area contributed by atoms with E-state index in [1.165, 1.54) is 6.33 Å². The minimum absolute atomic E-state index is 0.0395. The van der Waals surface area contributed by atoms with Gasteiger partial charge in [-0.05, 0) is 12.8 Å². The summed E-state index contributed by atoms with van der Waals surface area (Å²) in [6.45, 7) is 3.72. The van der Waals surface area contributed by atoms with Crippen molar-refractivity contribution >= 4 is 29.1 Å². The molecule has 11 heteroatoms. The smallest absolute Gasteiger partial charge is 0.306 e. The Bertz CT molecular complexity index is 938. The summed E-state index contributed by atoms with van der Waals surface area (Å²) in [6, 6.07) is 0. The van der Waals surface area contributed by atoms with Crippen LogP contribution in [0.4, 0.5) is 5.95 Å². The summed E-state index contributed by atoms with van der Waals surface area (Å²) < 4.78 is 18.4. The lowest BCUT2D eigenvalue weighted by Gasteiger charge is -2.18. The van der Waals surface area contributed by atoms with Crippen LogP contribution in [-0.2, 0) is 23.8 Å². The standard InChI is InChI=1S/C18H25N5O6/c1-3-5-13(24)27-8-11-10(29-14(25)6-4-2)7-12(28-11)23-9-20-15-16(23)21-18(19)22-17(15)26/h9-12H,3-8H2,1-2H3,(H3,19,21,22,26)/t10?,11-,12-/m1/s1. The van der Waals surface area contributed by atoms with E-state index in [2.05, 4.69) is 15.0 Å². The van der Waals surface area contributed by atoms with Crippen molar-refractivity contribution in [3.05, 3.63) is 16.7 Å². The average molecular weight is 407 g/mol. The van der Waals surface area contributed by atoms with E-state index in [0.29, 0.717) is 25.7 Å². The molecule has 0 amide bonds. The number of nitrogens with two attached hydrogens (primary N) is 1. The maximum absolute atomic E-state index is 12.0. The molecule has 11 nitrogen and oxygen atoms in total.